The molecule has 104 valence electrons. The third kappa shape index (κ3) is 6.83. The number of aliphatic carboxylic acids is 1. The lowest BCUT2D eigenvalue weighted by molar-refractivity contribution is -0.136. The summed E-state index contributed by atoms with van der Waals surface area (Å²) in [7, 11) is 1.62. The molecule has 2 N–H and O–H groups in total. The molecule has 0 aliphatic rings. The summed E-state index contributed by atoms with van der Waals surface area (Å²) in [5, 5.41) is 11.4. The zero-order chi connectivity index (χ0) is 14.1. The van der Waals surface area contributed by atoms with Crippen molar-refractivity contribution in [1.29, 1.82) is 0 Å². The highest BCUT2D eigenvalue weighted by Gasteiger charge is 2.05. The van der Waals surface area contributed by atoms with Gasteiger partial charge >= 0.3 is 5.97 Å². The zero-order valence-corrected chi connectivity index (χ0v) is 11.5. The van der Waals surface area contributed by atoms with Crippen LogP contribution in [0.1, 0.15) is 5.56 Å². The van der Waals surface area contributed by atoms with E-state index in [1.807, 2.05) is 0 Å². The van der Waals surface area contributed by atoms with E-state index in [1.54, 1.807) is 31.4 Å². The predicted molar refractivity (Wildman–Crippen MR) is 75.6 cm³/mol. The number of amides is 1. The van der Waals surface area contributed by atoms with Gasteiger partial charge in [0.25, 0.3) is 0 Å². The summed E-state index contributed by atoms with van der Waals surface area (Å²) in [5.41, 5.74) is 1.29. The van der Waals surface area contributed by atoms with Crippen molar-refractivity contribution in [2.45, 2.75) is 6.42 Å². The smallest absolute Gasteiger partial charge is 0.307 e. The van der Waals surface area contributed by atoms with Gasteiger partial charge in [0, 0.05) is 18.6 Å². The van der Waals surface area contributed by atoms with Gasteiger partial charge in [0.05, 0.1) is 18.8 Å². The number of carbonyl (C=O) groups excluding carboxylic acids is 1. The molecule has 1 aromatic rings. The van der Waals surface area contributed by atoms with Gasteiger partial charge in [-0.3, -0.25) is 9.59 Å². The lowest BCUT2D eigenvalue weighted by atomic mass is 10.1. The summed E-state index contributed by atoms with van der Waals surface area (Å²) < 4.78 is 4.89. The zero-order valence-electron chi connectivity index (χ0n) is 10.7. The summed E-state index contributed by atoms with van der Waals surface area (Å²) in [4.78, 5) is 22.2. The molecule has 5 nitrogen and oxygen atoms in total. The van der Waals surface area contributed by atoms with E-state index < -0.39 is 5.97 Å². The van der Waals surface area contributed by atoms with E-state index in [2.05, 4.69) is 5.32 Å². The molecule has 1 amide bonds. The van der Waals surface area contributed by atoms with E-state index in [0.717, 1.165) is 5.75 Å². The normalized spacial score (nSPS) is 10.2. The summed E-state index contributed by atoms with van der Waals surface area (Å²) in [6.45, 7) is 0.617. The van der Waals surface area contributed by atoms with Crippen LogP contribution in [0.5, 0.6) is 0 Å². The number of anilines is 1. The fourth-order valence-electron chi connectivity index (χ4n) is 1.44. The van der Waals surface area contributed by atoms with Gasteiger partial charge in [-0.1, -0.05) is 12.1 Å². The van der Waals surface area contributed by atoms with Gasteiger partial charge in [-0.05, 0) is 17.7 Å². The monoisotopic (exact) mass is 283 g/mol. The average Bonchev–Trinajstić information content (AvgIpc) is 2.34. The molecule has 6 heteroatoms. The first-order valence-electron chi connectivity index (χ1n) is 5.79. The summed E-state index contributed by atoms with van der Waals surface area (Å²) in [6, 6.07) is 6.86. The van der Waals surface area contributed by atoms with Crippen LogP contribution in [0.4, 0.5) is 5.69 Å². The Kier molecular flexibility index (Phi) is 6.99. The Labute approximate surface area is 116 Å². The molecule has 0 atom stereocenters. The molecule has 0 bridgehead atoms. The second kappa shape index (κ2) is 8.55. The van der Waals surface area contributed by atoms with Gasteiger partial charge in [0.2, 0.25) is 5.91 Å². The molecule has 0 aromatic heterocycles. The molecule has 1 rings (SSSR count). The number of nitrogens with one attached hydrogen (secondary N) is 1. The second-order valence-electron chi connectivity index (χ2n) is 3.86. The van der Waals surface area contributed by atoms with Crippen LogP contribution >= 0.6 is 11.8 Å². The number of rotatable bonds is 8. The van der Waals surface area contributed by atoms with Crippen LogP contribution in [0.3, 0.4) is 0 Å². The molecule has 19 heavy (non-hydrogen) atoms. The molecule has 0 unspecified atom stereocenters. The van der Waals surface area contributed by atoms with Crippen molar-refractivity contribution in [3.05, 3.63) is 29.8 Å². The van der Waals surface area contributed by atoms with Crippen molar-refractivity contribution < 1.29 is 19.4 Å². The van der Waals surface area contributed by atoms with Crippen LogP contribution in [-0.4, -0.2) is 42.2 Å². The van der Waals surface area contributed by atoms with Crippen molar-refractivity contribution >= 4 is 29.3 Å². The molecular formula is C13H17NO4S. The maximum atomic E-state index is 11.6. The maximum absolute atomic E-state index is 11.6. The van der Waals surface area contributed by atoms with Crippen LogP contribution in [0.25, 0.3) is 0 Å². The summed E-state index contributed by atoms with van der Waals surface area (Å²) in [6.07, 6.45) is -0.0493. The van der Waals surface area contributed by atoms with Crippen LogP contribution < -0.4 is 5.32 Å². The molecule has 1 aromatic carbocycles. The topological polar surface area (TPSA) is 75.6 Å². The highest BCUT2D eigenvalue weighted by atomic mass is 32.2. The number of thioether (sulfide) groups is 1. The molecule has 0 aliphatic heterocycles. The minimum absolute atomic E-state index is 0.0493. The van der Waals surface area contributed by atoms with E-state index >= 15 is 0 Å². The Hall–Kier alpha value is -1.53. The van der Waals surface area contributed by atoms with Gasteiger partial charge in [0.15, 0.2) is 0 Å². The number of ether oxygens (including phenoxy) is 1. The van der Waals surface area contributed by atoms with Crippen molar-refractivity contribution in [2.75, 3.05) is 30.5 Å². The number of carbonyl (C=O) groups is 2. The average molecular weight is 283 g/mol. The highest BCUT2D eigenvalue weighted by molar-refractivity contribution is 7.99. The van der Waals surface area contributed by atoms with Crippen molar-refractivity contribution in [3.63, 3.8) is 0 Å². The quantitative estimate of drug-likeness (QED) is 0.709. The first-order chi connectivity index (χ1) is 9.11. The van der Waals surface area contributed by atoms with E-state index in [4.69, 9.17) is 9.84 Å². The molecule has 0 heterocycles. The number of hydrogen-bond donors (Lipinski definition) is 2. The predicted octanol–water partition coefficient (Wildman–Crippen LogP) is 1.63. The third-order valence-electron chi connectivity index (χ3n) is 2.23. The molecule has 0 saturated heterocycles. The van der Waals surface area contributed by atoms with Gasteiger partial charge in [-0.25, -0.2) is 0 Å². The van der Waals surface area contributed by atoms with E-state index in [-0.39, 0.29) is 12.3 Å². The van der Waals surface area contributed by atoms with E-state index in [9.17, 15) is 9.59 Å². The minimum Gasteiger partial charge on any atom is -0.481 e. The first-order valence-corrected chi connectivity index (χ1v) is 6.94. The fourth-order valence-corrected chi connectivity index (χ4v) is 2.12. The lowest BCUT2D eigenvalue weighted by Crippen LogP contribution is -2.15. The Morgan fingerprint density at radius 3 is 2.89 bits per heavy atom. The number of methoxy groups -OCH3 is 1. The molecule has 0 fully saturated rings. The third-order valence-corrected chi connectivity index (χ3v) is 3.15. The van der Waals surface area contributed by atoms with Crippen molar-refractivity contribution in [3.8, 4) is 0 Å². The molecule has 0 spiro atoms. The second-order valence-corrected chi connectivity index (χ2v) is 4.97. The van der Waals surface area contributed by atoms with Crippen LogP contribution in [-0.2, 0) is 20.7 Å². The van der Waals surface area contributed by atoms with Crippen molar-refractivity contribution in [1.82, 2.24) is 0 Å². The number of carboxylic acid groups (broad SMARTS) is 1. The first kappa shape index (κ1) is 15.5. The van der Waals surface area contributed by atoms with Gasteiger partial charge < -0.3 is 15.2 Å². The number of carboxylic acids is 1. The number of benzene rings is 1. The van der Waals surface area contributed by atoms with Gasteiger partial charge in [-0.2, -0.15) is 0 Å². The van der Waals surface area contributed by atoms with Crippen molar-refractivity contribution in [2.24, 2.45) is 0 Å². The van der Waals surface area contributed by atoms with Gasteiger partial charge in [-0.15, -0.1) is 11.8 Å². The molecular weight excluding hydrogens is 266 g/mol. The summed E-state index contributed by atoms with van der Waals surface area (Å²) >= 11 is 1.49. The van der Waals surface area contributed by atoms with Gasteiger partial charge in [0.1, 0.15) is 0 Å². The minimum atomic E-state index is -0.890. The van der Waals surface area contributed by atoms with Crippen LogP contribution in [0.15, 0.2) is 24.3 Å². The standard InChI is InChI=1S/C13H17NO4S/c1-18-5-6-19-9-12(15)14-11-4-2-3-10(7-11)8-13(16)17/h2-4,7H,5-6,8-9H2,1H3,(H,14,15)(H,16,17). The van der Waals surface area contributed by atoms with Crippen LogP contribution in [0.2, 0.25) is 0 Å². The summed E-state index contributed by atoms with van der Waals surface area (Å²) in [5.74, 6) is 0.127. The van der Waals surface area contributed by atoms with E-state index in [0.29, 0.717) is 23.6 Å². The Bertz CT molecular complexity index is 436. The number of hydrogen-bond acceptors (Lipinski definition) is 4. The SMILES string of the molecule is COCCSCC(=O)Nc1cccc(CC(=O)O)c1. The Morgan fingerprint density at radius 1 is 1.42 bits per heavy atom. The largest absolute Gasteiger partial charge is 0.481 e. The maximum Gasteiger partial charge on any atom is 0.307 e. The highest BCUT2D eigenvalue weighted by Crippen LogP contribution is 2.12. The fraction of sp³-hybridized carbons (Fsp3) is 0.385. The molecule has 0 saturated carbocycles. The lowest BCUT2D eigenvalue weighted by Gasteiger charge is -2.06. The van der Waals surface area contributed by atoms with Crippen LogP contribution in [0, 0.1) is 0 Å². The Balaban J connectivity index is 2.43. The van der Waals surface area contributed by atoms with E-state index in [1.165, 1.54) is 11.8 Å². The molecule has 0 radical (unpaired) electrons. The Morgan fingerprint density at radius 2 is 2.21 bits per heavy atom. The molecule has 0 aliphatic carbocycles.